The molecule has 4 rings (SSSR count). The Morgan fingerprint density at radius 1 is 0.963 bits per heavy atom. The van der Waals surface area contributed by atoms with Gasteiger partial charge < -0.3 is 9.97 Å². The highest BCUT2D eigenvalue weighted by molar-refractivity contribution is 5.85. The van der Waals surface area contributed by atoms with Gasteiger partial charge in [-0.1, -0.05) is 30.3 Å². The Balaban J connectivity index is 1.73. The maximum atomic E-state index is 12.0. The van der Waals surface area contributed by atoms with Crippen molar-refractivity contribution in [2.24, 2.45) is 0 Å². The number of hydrogen-bond acceptors (Lipinski definition) is 4. The van der Waals surface area contributed by atoms with Crippen LogP contribution < -0.4 is 5.69 Å². The van der Waals surface area contributed by atoms with Crippen LogP contribution in [0.2, 0.25) is 0 Å². The normalized spacial score (nSPS) is 11.3. The zero-order chi connectivity index (χ0) is 18.8. The molecule has 2 heterocycles. The van der Waals surface area contributed by atoms with Gasteiger partial charge in [0.05, 0.1) is 21.9 Å². The first-order chi connectivity index (χ1) is 13.1. The smallest absolute Gasteiger partial charge is 0.345 e. The summed E-state index contributed by atoms with van der Waals surface area (Å²) in [4.78, 5) is 32.5. The fourth-order valence-corrected chi connectivity index (χ4v) is 2.89. The average molecular weight is 358 g/mol. The summed E-state index contributed by atoms with van der Waals surface area (Å²) in [6, 6.07) is 17.8. The highest BCUT2D eigenvalue weighted by Crippen LogP contribution is 2.23. The molecule has 0 aliphatic heterocycles. The number of aromatic amines is 2. The number of nitro benzene ring substituents is 1. The van der Waals surface area contributed by atoms with E-state index >= 15 is 0 Å². The van der Waals surface area contributed by atoms with Crippen LogP contribution in [0.3, 0.4) is 0 Å². The molecule has 0 radical (unpaired) electrons. The zero-order valence-corrected chi connectivity index (χ0v) is 14.0. The van der Waals surface area contributed by atoms with Gasteiger partial charge in [0.25, 0.3) is 5.69 Å². The maximum absolute atomic E-state index is 12.0. The van der Waals surface area contributed by atoms with Crippen molar-refractivity contribution in [3.63, 3.8) is 0 Å². The minimum absolute atomic E-state index is 0.000920. The highest BCUT2D eigenvalue weighted by atomic mass is 16.6. The molecule has 0 unspecified atom stereocenters. The van der Waals surface area contributed by atoms with Crippen LogP contribution in [-0.2, 0) is 0 Å². The minimum Gasteiger partial charge on any atom is -0.353 e. The predicted molar refractivity (Wildman–Crippen MR) is 104 cm³/mol. The topological polar surface area (TPSA) is 105 Å². The third-order valence-corrected chi connectivity index (χ3v) is 4.15. The van der Waals surface area contributed by atoms with Gasteiger partial charge in [-0.15, -0.1) is 0 Å². The van der Waals surface area contributed by atoms with Crippen LogP contribution in [0, 0.1) is 10.1 Å². The lowest BCUT2D eigenvalue weighted by molar-refractivity contribution is -0.385. The number of fused-ring (bicyclic) bond motifs is 1. The van der Waals surface area contributed by atoms with Gasteiger partial charge in [0.2, 0.25) is 0 Å². The van der Waals surface area contributed by atoms with Crippen LogP contribution in [0.15, 0.2) is 65.5 Å². The molecule has 0 amide bonds. The number of nitro groups is 1. The van der Waals surface area contributed by atoms with Crippen LogP contribution in [0.25, 0.3) is 34.4 Å². The Morgan fingerprint density at radius 3 is 2.56 bits per heavy atom. The van der Waals surface area contributed by atoms with Gasteiger partial charge in [0, 0.05) is 22.7 Å². The Morgan fingerprint density at radius 2 is 1.74 bits per heavy atom. The molecule has 27 heavy (non-hydrogen) atoms. The van der Waals surface area contributed by atoms with Crippen molar-refractivity contribution in [3.8, 4) is 11.4 Å². The second-order valence-corrected chi connectivity index (χ2v) is 5.95. The molecule has 2 N–H and O–H groups in total. The van der Waals surface area contributed by atoms with E-state index in [9.17, 15) is 14.9 Å². The third-order valence-electron chi connectivity index (χ3n) is 4.15. The number of rotatable bonds is 4. The molecule has 0 aliphatic rings. The van der Waals surface area contributed by atoms with Crippen molar-refractivity contribution in [1.82, 2.24) is 15.0 Å². The van der Waals surface area contributed by atoms with Gasteiger partial charge in [-0.2, -0.15) is 4.98 Å². The van der Waals surface area contributed by atoms with Gasteiger partial charge >= 0.3 is 5.69 Å². The van der Waals surface area contributed by atoms with Gasteiger partial charge in [-0.25, -0.2) is 4.79 Å². The first-order valence-corrected chi connectivity index (χ1v) is 8.21. The fraction of sp³-hybridized carbons (Fsp3) is 0. The molecule has 0 fully saturated rings. The van der Waals surface area contributed by atoms with E-state index < -0.39 is 10.6 Å². The summed E-state index contributed by atoms with van der Waals surface area (Å²) in [5.74, 6) is 0. The minimum atomic E-state index is -0.492. The SMILES string of the molecule is O=c1nc(-c2cc3ccccc3[nH]2)cc(/C=C/c2ccccc2[N+](=O)[O-])[nH]1. The van der Waals surface area contributed by atoms with Gasteiger partial charge in [0.1, 0.15) is 0 Å². The van der Waals surface area contributed by atoms with Crippen molar-refractivity contribution in [2.45, 2.75) is 0 Å². The lowest BCUT2D eigenvalue weighted by atomic mass is 10.1. The molecule has 7 heteroatoms. The molecule has 4 aromatic rings. The molecule has 2 aromatic heterocycles. The lowest BCUT2D eigenvalue weighted by Gasteiger charge is -2.00. The monoisotopic (exact) mass is 358 g/mol. The number of H-pyrrole nitrogens is 2. The maximum Gasteiger partial charge on any atom is 0.345 e. The first kappa shape index (κ1) is 16.5. The van der Waals surface area contributed by atoms with Gasteiger partial charge in [-0.3, -0.25) is 10.1 Å². The molecular formula is C20H14N4O3. The molecule has 0 saturated heterocycles. The molecule has 7 nitrogen and oxygen atoms in total. The molecule has 0 atom stereocenters. The fourth-order valence-electron chi connectivity index (χ4n) is 2.89. The van der Waals surface area contributed by atoms with E-state index in [0.717, 1.165) is 16.6 Å². The standard InChI is InChI=1S/C20H14N4O3/c25-20-21-15(10-9-13-5-2-4-8-19(13)24(26)27)12-18(23-20)17-11-14-6-1-3-7-16(14)22-17/h1-12,22H,(H,21,23,25)/b10-9+. The molecule has 0 bridgehead atoms. The van der Waals surface area contributed by atoms with E-state index in [1.54, 1.807) is 36.4 Å². The number of nitrogens with zero attached hydrogens (tertiary/aromatic N) is 2. The lowest BCUT2D eigenvalue weighted by Crippen LogP contribution is -2.12. The van der Waals surface area contributed by atoms with E-state index in [-0.39, 0.29) is 5.69 Å². The zero-order valence-electron chi connectivity index (χ0n) is 14.0. The van der Waals surface area contributed by atoms with E-state index in [0.29, 0.717) is 17.0 Å². The molecule has 0 spiro atoms. The molecule has 132 valence electrons. The quantitative estimate of drug-likeness (QED) is 0.425. The summed E-state index contributed by atoms with van der Waals surface area (Å²) in [5.41, 5.74) is 2.63. The van der Waals surface area contributed by atoms with E-state index in [2.05, 4.69) is 15.0 Å². The summed E-state index contributed by atoms with van der Waals surface area (Å²) < 4.78 is 0. The number of hydrogen-bond donors (Lipinski definition) is 2. The Hall–Kier alpha value is -4.00. The Kier molecular flexibility index (Phi) is 4.10. The molecule has 0 aliphatic carbocycles. The van der Waals surface area contributed by atoms with Crippen LogP contribution in [0.4, 0.5) is 5.69 Å². The number of para-hydroxylation sites is 2. The van der Waals surface area contributed by atoms with Crippen molar-refractivity contribution in [1.29, 1.82) is 0 Å². The summed E-state index contributed by atoms with van der Waals surface area (Å²) in [6.07, 6.45) is 3.22. The van der Waals surface area contributed by atoms with Crippen LogP contribution >= 0.6 is 0 Å². The summed E-state index contributed by atoms with van der Waals surface area (Å²) in [7, 11) is 0. The van der Waals surface area contributed by atoms with Crippen molar-refractivity contribution < 1.29 is 4.92 Å². The van der Waals surface area contributed by atoms with Gasteiger partial charge in [0.15, 0.2) is 0 Å². The molecule has 0 saturated carbocycles. The molecule has 2 aromatic carbocycles. The average Bonchev–Trinajstić information content (AvgIpc) is 3.10. The van der Waals surface area contributed by atoms with E-state index in [4.69, 9.17) is 0 Å². The second-order valence-electron chi connectivity index (χ2n) is 5.95. The van der Waals surface area contributed by atoms with Crippen molar-refractivity contribution in [2.75, 3.05) is 0 Å². The van der Waals surface area contributed by atoms with Crippen LogP contribution in [-0.4, -0.2) is 19.9 Å². The first-order valence-electron chi connectivity index (χ1n) is 8.21. The Labute approximate surface area is 153 Å². The van der Waals surface area contributed by atoms with Crippen molar-refractivity contribution in [3.05, 3.63) is 92.5 Å². The van der Waals surface area contributed by atoms with Crippen LogP contribution in [0.5, 0.6) is 0 Å². The van der Waals surface area contributed by atoms with E-state index in [1.165, 1.54) is 6.07 Å². The Bertz CT molecular complexity index is 1200. The summed E-state index contributed by atoms with van der Waals surface area (Å²) >= 11 is 0. The summed E-state index contributed by atoms with van der Waals surface area (Å²) in [5, 5.41) is 12.1. The summed E-state index contributed by atoms with van der Waals surface area (Å²) in [6.45, 7) is 0. The number of aromatic nitrogens is 3. The largest absolute Gasteiger partial charge is 0.353 e. The van der Waals surface area contributed by atoms with Crippen molar-refractivity contribution >= 4 is 28.7 Å². The number of nitrogens with one attached hydrogen (secondary N) is 2. The highest BCUT2D eigenvalue weighted by Gasteiger charge is 2.10. The van der Waals surface area contributed by atoms with E-state index in [1.807, 2.05) is 30.3 Å². The number of benzene rings is 2. The third kappa shape index (κ3) is 3.38. The molecular weight excluding hydrogens is 344 g/mol. The van der Waals surface area contributed by atoms with Crippen LogP contribution in [0.1, 0.15) is 11.3 Å². The predicted octanol–water partition coefficient (Wildman–Crippen LogP) is 4.00. The van der Waals surface area contributed by atoms with Gasteiger partial charge in [-0.05, 0) is 36.4 Å². The second kappa shape index (κ2) is 6.72.